The van der Waals surface area contributed by atoms with E-state index in [0.29, 0.717) is 26.2 Å². The molecule has 1 rings (SSSR count). The lowest BCUT2D eigenvalue weighted by Gasteiger charge is -2.12. The molecule has 1 fully saturated rings. The highest BCUT2D eigenvalue weighted by Gasteiger charge is 2.28. The zero-order valence-electron chi connectivity index (χ0n) is 10.5. The number of β-amino-alcohol motifs (C(OH)–C–C–N with tert-alkyl or cyclic N) is 1. The van der Waals surface area contributed by atoms with E-state index in [2.05, 4.69) is 5.32 Å². The van der Waals surface area contributed by atoms with Crippen LogP contribution in [0.15, 0.2) is 0 Å². The first-order valence-electron chi connectivity index (χ1n) is 5.90. The molecule has 6 heteroatoms. The molecule has 1 aliphatic rings. The van der Waals surface area contributed by atoms with Crippen molar-refractivity contribution in [2.45, 2.75) is 18.6 Å². The summed E-state index contributed by atoms with van der Waals surface area (Å²) in [4.78, 5) is 13.5. The summed E-state index contributed by atoms with van der Waals surface area (Å²) >= 11 is 0. The van der Waals surface area contributed by atoms with Crippen molar-refractivity contribution in [1.82, 2.24) is 10.2 Å². The molecule has 6 nitrogen and oxygen atoms in total. The van der Waals surface area contributed by atoms with Gasteiger partial charge in [0.2, 0.25) is 0 Å². The van der Waals surface area contributed by atoms with Crippen LogP contribution >= 0.6 is 0 Å². The summed E-state index contributed by atoms with van der Waals surface area (Å²) in [5, 5.41) is 12.1. The van der Waals surface area contributed by atoms with E-state index >= 15 is 0 Å². The van der Waals surface area contributed by atoms with Gasteiger partial charge >= 0.3 is 5.97 Å². The highest BCUT2D eigenvalue weighted by molar-refractivity contribution is 5.76. The third kappa shape index (κ3) is 5.97. The quantitative estimate of drug-likeness (QED) is 0.436. The second-order valence-corrected chi connectivity index (χ2v) is 4.43. The fraction of sp³-hybridized carbons (Fsp3) is 0.909. The van der Waals surface area contributed by atoms with Gasteiger partial charge in [0.25, 0.3) is 0 Å². The van der Waals surface area contributed by atoms with Gasteiger partial charge in [-0.15, -0.1) is 0 Å². The van der Waals surface area contributed by atoms with Crippen molar-refractivity contribution in [1.29, 1.82) is 0 Å². The Kier molecular flexibility index (Phi) is 6.43. The highest BCUT2D eigenvalue weighted by atomic mass is 16.6. The SMILES string of the molecule is CN(C)CCOCCOC(=O)[C@@H]1CC(O)CN1. The third-order valence-electron chi connectivity index (χ3n) is 2.55. The molecule has 0 aromatic carbocycles. The van der Waals surface area contributed by atoms with E-state index in [1.54, 1.807) is 0 Å². The first kappa shape index (κ1) is 14.4. The third-order valence-corrected chi connectivity index (χ3v) is 2.55. The Labute approximate surface area is 102 Å². The van der Waals surface area contributed by atoms with E-state index in [9.17, 15) is 9.90 Å². The summed E-state index contributed by atoms with van der Waals surface area (Å²) in [7, 11) is 3.95. The van der Waals surface area contributed by atoms with Gasteiger partial charge in [-0.25, -0.2) is 0 Å². The van der Waals surface area contributed by atoms with E-state index in [1.165, 1.54) is 0 Å². The number of nitrogens with one attached hydrogen (secondary N) is 1. The highest BCUT2D eigenvalue weighted by Crippen LogP contribution is 2.07. The molecule has 1 unspecified atom stereocenters. The summed E-state index contributed by atoms with van der Waals surface area (Å²) in [6.07, 6.45) is -0.00997. The molecule has 0 radical (unpaired) electrons. The minimum Gasteiger partial charge on any atom is -0.462 e. The molecule has 1 aliphatic heterocycles. The predicted octanol–water partition coefficient (Wildman–Crippen LogP) is -1.17. The van der Waals surface area contributed by atoms with Crippen LogP contribution in [0.1, 0.15) is 6.42 Å². The smallest absolute Gasteiger partial charge is 0.323 e. The van der Waals surface area contributed by atoms with Gasteiger partial charge in [-0.2, -0.15) is 0 Å². The van der Waals surface area contributed by atoms with E-state index in [4.69, 9.17) is 9.47 Å². The maximum absolute atomic E-state index is 11.5. The fourth-order valence-electron chi connectivity index (χ4n) is 1.55. The van der Waals surface area contributed by atoms with Crippen LogP contribution < -0.4 is 5.32 Å². The second-order valence-electron chi connectivity index (χ2n) is 4.43. The molecule has 1 saturated heterocycles. The number of nitrogens with zero attached hydrogens (tertiary/aromatic N) is 1. The molecule has 2 N–H and O–H groups in total. The molecule has 100 valence electrons. The zero-order chi connectivity index (χ0) is 12.7. The number of carbonyl (C=O) groups excluding carboxylic acids is 1. The van der Waals surface area contributed by atoms with Gasteiger partial charge in [0, 0.05) is 19.5 Å². The molecule has 2 atom stereocenters. The number of carbonyl (C=O) groups is 1. The Balaban J connectivity index is 1.97. The van der Waals surface area contributed by atoms with E-state index in [-0.39, 0.29) is 18.6 Å². The van der Waals surface area contributed by atoms with Crippen molar-refractivity contribution in [3.8, 4) is 0 Å². The van der Waals surface area contributed by atoms with Crippen LogP contribution in [0, 0.1) is 0 Å². The number of ether oxygens (including phenoxy) is 2. The Bertz CT molecular complexity index is 236. The van der Waals surface area contributed by atoms with Crippen LogP contribution in [0.2, 0.25) is 0 Å². The van der Waals surface area contributed by atoms with Crippen molar-refractivity contribution in [2.75, 3.05) is 47.0 Å². The van der Waals surface area contributed by atoms with Crippen LogP contribution in [-0.4, -0.2) is 75.1 Å². The van der Waals surface area contributed by atoms with Crippen molar-refractivity contribution >= 4 is 5.97 Å². The van der Waals surface area contributed by atoms with Gasteiger partial charge in [0.15, 0.2) is 0 Å². The maximum Gasteiger partial charge on any atom is 0.323 e. The van der Waals surface area contributed by atoms with Crippen LogP contribution in [0.5, 0.6) is 0 Å². The number of likely N-dealkylation sites (N-methyl/N-ethyl adjacent to an activating group) is 1. The molecule has 0 aliphatic carbocycles. The molecule has 0 saturated carbocycles. The molecule has 1 heterocycles. The van der Waals surface area contributed by atoms with Gasteiger partial charge in [-0.3, -0.25) is 4.79 Å². The van der Waals surface area contributed by atoms with E-state index in [0.717, 1.165) is 6.54 Å². The molecule has 0 amide bonds. The second kappa shape index (κ2) is 7.60. The number of esters is 1. The minimum atomic E-state index is -0.441. The number of hydrogen-bond donors (Lipinski definition) is 2. The largest absolute Gasteiger partial charge is 0.462 e. The first-order chi connectivity index (χ1) is 8.09. The Morgan fingerprint density at radius 1 is 1.41 bits per heavy atom. The minimum absolute atomic E-state index is 0.264. The summed E-state index contributed by atoms with van der Waals surface area (Å²) in [5.41, 5.74) is 0. The molecule has 17 heavy (non-hydrogen) atoms. The molecular formula is C11H22N2O4. The average Bonchev–Trinajstić information content (AvgIpc) is 2.69. The molecule has 0 spiro atoms. The lowest BCUT2D eigenvalue weighted by molar-refractivity contribution is -0.147. The van der Waals surface area contributed by atoms with Gasteiger partial charge in [-0.1, -0.05) is 0 Å². The first-order valence-corrected chi connectivity index (χ1v) is 5.90. The molecule has 0 aromatic heterocycles. The summed E-state index contributed by atoms with van der Waals surface area (Å²) in [6, 6.07) is -0.369. The van der Waals surface area contributed by atoms with Gasteiger partial charge in [0.1, 0.15) is 12.6 Å². The van der Waals surface area contributed by atoms with E-state index in [1.807, 2.05) is 19.0 Å². The van der Waals surface area contributed by atoms with Crippen LogP contribution in [0.4, 0.5) is 0 Å². The van der Waals surface area contributed by atoms with Gasteiger partial charge in [0.05, 0.1) is 19.3 Å². The number of rotatable bonds is 7. The normalized spacial score (nSPS) is 24.2. The van der Waals surface area contributed by atoms with E-state index < -0.39 is 6.10 Å². The number of aliphatic hydroxyl groups is 1. The zero-order valence-corrected chi connectivity index (χ0v) is 10.5. The summed E-state index contributed by atoms with van der Waals surface area (Å²) in [6.45, 7) is 2.61. The lowest BCUT2D eigenvalue weighted by atomic mass is 10.2. The van der Waals surface area contributed by atoms with Crippen molar-refractivity contribution in [3.05, 3.63) is 0 Å². The van der Waals surface area contributed by atoms with Crippen LogP contribution in [0.25, 0.3) is 0 Å². The fourth-order valence-corrected chi connectivity index (χ4v) is 1.55. The van der Waals surface area contributed by atoms with Gasteiger partial charge in [-0.05, 0) is 14.1 Å². The monoisotopic (exact) mass is 246 g/mol. The molecular weight excluding hydrogens is 224 g/mol. The lowest BCUT2D eigenvalue weighted by Crippen LogP contribution is -2.33. The summed E-state index contributed by atoms with van der Waals surface area (Å²) in [5.74, 6) is -0.308. The molecule has 0 bridgehead atoms. The predicted molar refractivity (Wildman–Crippen MR) is 62.7 cm³/mol. The van der Waals surface area contributed by atoms with Crippen molar-refractivity contribution in [3.63, 3.8) is 0 Å². The molecule has 0 aromatic rings. The van der Waals surface area contributed by atoms with Crippen molar-refractivity contribution in [2.24, 2.45) is 0 Å². The van der Waals surface area contributed by atoms with Crippen LogP contribution in [0.3, 0.4) is 0 Å². The Morgan fingerprint density at radius 3 is 2.76 bits per heavy atom. The summed E-state index contributed by atoms with van der Waals surface area (Å²) < 4.78 is 10.3. The number of aliphatic hydroxyl groups excluding tert-OH is 1. The Morgan fingerprint density at radius 2 is 2.18 bits per heavy atom. The Hall–Kier alpha value is -0.690. The van der Waals surface area contributed by atoms with Crippen LogP contribution in [-0.2, 0) is 14.3 Å². The average molecular weight is 246 g/mol. The topological polar surface area (TPSA) is 71.0 Å². The van der Waals surface area contributed by atoms with Crippen molar-refractivity contribution < 1.29 is 19.4 Å². The standard InChI is InChI=1S/C11H22N2O4/c1-13(2)3-4-16-5-6-17-11(15)10-7-9(14)8-12-10/h9-10,12,14H,3-8H2,1-2H3/t9?,10-/m0/s1. The number of hydrogen-bond acceptors (Lipinski definition) is 6. The maximum atomic E-state index is 11.5. The van der Waals surface area contributed by atoms with Gasteiger partial charge < -0.3 is 24.8 Å².